The Morgan fingerprint density at radius 2 is 1.94 bits per heavy atom. The van der Waals surface area contributed by atoms with E-state index in [0.717, 1.165) is 5.56 Å². The topological polar surface area (TPSA) is 57.9 Å². The number of unbranched alkanes of at least 4 members (excludes halogenated alkanes) is 1. The molecular formula is C13H15NO2S. The highest BCUT2D eigenvalue weighted by Gasteiger charge is 2.07. The van der Waals surface area contributed by atoms with Gasteiger partial charge in [0.2, 0.25) is 0 Å². The number of benzene rings is 1. The lowest BCUT2D eigenvalue weighted by Gasteiger charge is -1.98. The Labute approximate surface area is 102 Å². The second-order valence-electron chi connectivity index (χ2n) is 3.69. The lowest BCUT2D eigenvalue weighted by molar-refractivity contribution is 0.596. The van der Waals surface area contributed by atoms with Crippen LogP contribution in [0.5, 0.6) is 0 Å². The molecule has 0 fully saturated rings. The van der Waals surface area contributed by atoms with Crippen LogP contribution in [0.3, 0.4) is 0 Å². The Morgan fingerprint density at radius 1 is 1.24 bits per heavy atom. The van der Waals surface area contributed by atoms with E-state index in [0.29, 0.717) is 12.8 Å². The van der Waals surface area contributed by atoms with Crippen molar-refractivity contribution in [1.29, 1.82) is 5.26 Å². The first-order chi connectivity index (χ1) is 8.14. The summed E-state index contributed by atoms with van der Waals surface area (Å²) >= 11 is 0. The standard InChI is InChI=1S/C13H15NO2S/c14-10-4-5-11-17(15,16)12-6-9-13-7-2-1-3-8-13/h1-3,6-9H,4-5,11-12H2. The molecule has 90 valence electrons. The summed E-state index contributed by atoms with van der Waals surface area (Å²) in [5.41, 5.74) is 0.986. The second kappa shape index (κ2) is 6.87. The maximum Gasteiger partial charge on any atom is 0.153 e. The van der Waals surface area contributed by atoms with Crippen LogP contribution in [0.15, 0.2) is 36.4 Å². The van der Waals surface area contributed by atoms with Crippen LogP contribution in [-0.4, -0.2) is 19.9 Å². The Hall–Kier alpha value is -1.60. The highest BCUT2D eigenvalue weighted by molar-refractivity contribution is 7.91. The van der Waals surface area contributed by atoms with Gasteiger partial charge in [0, 0.05) is 6.42 Å². The van der Waals surface area contributed by atoms with E-state index in [4.69, 9.17) is 5.26 Å². The maximum absolute atomic E-state index is 11.5. The molecule has 17 heavy (non-hydrogen) atoms. The van der Waals surface area contributed by atoms with Crippen LogP contribution in [-0.2, 0) is 9.84 Å². The minimum absolute atomic E-state index is 0.0350. The molecule has 0 unspecified atom stereocenters. The van der Waals surface area contributed by atoms with Gasteiger partial charge in [-0.2, -0.15) is 5.26 Å². The first-order valence-corrected chi connectivity index (χ1v) is 7.25. The molecule has 0 atom stereocenters. The summed E-state index contributed by atoms with van der Waals surface area (Å²) in [5, 5.41) is 8.33. The quantitative estimate of drug-likeness (QED) is 0.727. The lowest BCUT2D eigenvalue weighted by atomic mass is 10.2. The molecule has 0 spiro atoms. The molecule has 0 saturated carbocycles. The van der Waals surface area contributed by atoms with Crippen molar-refractivity contribution in [2.75, 3.05) is 11.5 Å². The molecule has 0 heterocycles. The normalized spacial score (nSPS) is 11.5. The lowest BCUT2D eigenvalue weighted by Crippen LogP contribution is -2.09. The summed E-state index contributed by atoms with van der Waals surface area (Å²) in [5.74, 6) is 0.118. The Bertz CT molecular complexity index is 498. The van der Waals surface area contributed by atoms with E-state index in [1.165, 1.54) is 0 Å². The monoisotopic (exact) mass is 249 g/mol. The zero-order valence-electron chi connectivity index (χ0n) is 9.54. The van der Waals surface area contributed by atoms with Crippen LogP contribution in [0.4, 0.5) is 0 Å². The van der Waals surface area contributed by atoms with Gasteiger partial charge in [-0.3, -0.25) is 0 Å². The predicted octanol–water partition coefficient (Wildman–Crippen LogP) is 2.42. The minimum atomic E-state index is -3.06. The molecule has 0 radical (unpaired) electrons. The molecule has 1 aromatic carbocycles. The summed E-state index contributed by atoms with van der Waals surface area (Å²) in [4.78, 5) is 0. The summed E-state index contributed by atoms with van der Waals surface area (Å²) in [6, 6.07) is 11.5. The van der Waals surface area contributed by atoms with Crippen LogP contribution < -0.4 is 0 Å². The van der Waals surface area contributed by atoms with Crippen molar-refractivity contribution in [1.82, 2.24) is 0 Å². The SMILES string of the molecule is N#CCCCS(=O)(=O)CC=Cc1ccccc1. The molecule has 4 heteroatoms. The molecule has 0 aromatic heterocycles. The van der Waals surface area contributed by atoms with Crippen molar-refractivity contribution in [2.45, 2.75) is 12.8 Å². The van der Waals surface area contributed by atoms with Crippen molar-refractivity contribution < 1.29 is 8.42 Å². The molecule has 0 bridgehead atoms. The van der Waals surface area contributed by atoms with E-state index in [-0.39, 0.29) is 11.5 Å². The molecule has 1 aromatic rings. The van der Waals surface area contributed by atoms with Crippen LogP contribution in [0, 0.1) is 11.3 Å². The number of nitriles is 1. The van der Waals surface area contributed by atoms with Gasteiger partial charge in [0.1, 0.15) is 0 Å². The largest absolute Gasteiger partial charge is 0.229 e. The number of nitrogens with zero attached hydrogens (tertiary/aromatic N) is 1. The van der Waals surface area contributed by atoms with E-state index < -0.39 is 9.84 Å². The maximum atomic E-state index is 11.5. The van der Waals surface area contributed by atoms with E-state index in [1.807, 2.05) is 36.4 Å². The third kappa shape index (κ3) is 5.88. The van der Waals surface area contributed by atoms with Gasteiger partial charge in [0.25, 0.3) is 0 Å². The first-order valence-electron chi connectivity index (χ1n) is 5.43. The number of hydrogen-bond donors (Lipinski definition) is 0. The highest BCUT2D eigenvalue weighted by atomic mass is 32.2. The van der Waals surface area contributed by atoms with Gasteiger partial charge in [-0.05, 0) is 12.0 Å². The number of rotatable bonds is 6. The fourth-order valence-corrected chi connectivity index (χ4v) is 2.49. The minimum Gasteiger partial charge on any atom is -0.229 e. The number of hydrogen-bond acceptors (Lipinski definition) is 3. The fourth-order valence-electron chi connectivity index (χ4n) is 1.35. The molecule has 3 nitrogen and oxygen atoms in total. The van der Waals surface area contributed by atoms with E-state index in [9.17, 15) is 8.42 Å². The van der Waals surface area contributed by atoms with Gasteiger partial charge in [0.05, 0.1) is 17.6 Å². The van der Waals surface area contributed by atoms with Crippen molar-refractivity contribution >= 4 is 15.9 Å². The zero-order chi connectivity index (χ0) is 12.6. The average Bonchev–Trinajstić information content (AvgIpc) is 2.30. The van der Waals surface area contributed by atoms with Crippen LogP contribution in [0.25, 0.3) is 6.08 Å². The Balaban J connectivity index is 2.45. The zero-order valence-corrected chi connectivity index (χ0v) is 10.4. The molecule has 0 aliphatic rings. The third-order valence-electron chi connectivity index (χ3n) is 2.20. The molecule has 0 aliphatic carbocycles. The molecule has 0 saturated heterocycles. The molecule has 0 N–H and O–H groups in total. The van der Waals surface area contributed by atoms with Gasteiger partial charge in [-0.15, -0.1) is 0 Å². The van der Waals surface area contributed by atoms with E-state index >= 15 is 0 Å². The smallest absolute Gasteiger partial charge is 0.153 e. The molecule has 0 aliphatic heterocycles. The summed E-state index contributed by atoms with van der Waals surface area (Å²) in [6.07, 6.45) is 4.15. The second-order valence-corrected chi connectivity index (χ2v) is 5.92. The molecule has 1 rings (SSSR count). The van der Waals surface area contributed by atoms with Gasteiger partial charge in [0.15, 0.2) is 9.84 Å². The Morgan fingerprint density at radius 3 is 2.59 bits per heavy atom. The molecule has 0 amide bonds. The van der Waals surface area contributed by atoms with Gasteiger partial charge in [-0.25, -0.2) is 8.42 Å². The average molecular weight is 249 g/mol. The van der Waals surface area contributed by atoms with Crippen LogP contribution in [0.1, 0.15) is 18.4 Å². The Kier molecular flexibility index (Phi) is 5.44. The molecular weight excluding hydrogens is 234 g/mol. The van der Waals surface area contributed by atoms with Crippen molar-refractivity contribution in [2.24, 2.45) is 0 Å². The van der Waals surface area contributed by atoms with E-state index in [1.54, 1.807) is 12.2 Å². The van der Waals surface area contributed by atoms with Crippen molar-refractivity contribution in [3.8, 4) is 6.07 Å². The predicted molar refractivity (Wildman–Crippen MR) is 69.0 cm³/mol. The third-order valence-corrected chi connectivity index (χ3v) is 3.81. The van der Waals surface area contributed by atoms with Gasteiger partial charge >= 0.3 is 0 Å². The van der Waals surface area contributed by atoms with Gasteiger partial charge < -0.3 is 0 Å². The summed E-state index contributed by atoms with van der Waals surface area (Å²) in [6.45, 7) is 0. The fraction of sp³-hybridized carbons (Fsp3) is 0.308. The summed E-state index contributed by atoms with van der Waals surface area (Å²) in [7, 11) is -3.06. The van der Waals surface area contributed by atoms with Crippen LogP contribution in [0.2, 0.25) is 0 Å². The summed E-state index contributed by atoms with van der Waals surface area (Å²) < 4.78 is 23.1. The van der Waals surface area contributed by atoms with Crippen LogP contribution >= 0.6 is 0 Å². The van der Waals surface area contributed by atoms with Crippen molar-refractivity contribution in [3.05, 3.63) is 42.0 Å². The van der Waals surface area contributed by atoms with Crippen molar-refractivity contribution in [3.63, 3.8) is 0 Å². The first kappa shape index (κ1) is 13.5. The number of sulfone groups is 1. The van der Waals surface area contributed by atoms with Gasteiger partial charge in [-0.1, -0.05) is 42.5 Å². The highest BCUT2D eigenvalue weighted by Crippen LogP contribution is 2.03. The van der Waals surface area contributed by atoms with E-state index in [2.05, 4.69) is 0 Å².